The van der Waals surface area contributed by atoms with Gasteiger partial charge in [0.15, 0.2) is 0 Å². The summed E-state index contributed by atoms with van der Waals surface area (Å²) in [4.78, 5) is 10.2. The van der Waals surface area contributed by atoms with Crippen molar-refractivity contribution in [1.82, 2.24) is 0 Å². The summed E-state index contributed by atoms with van der Waals surface area (Å²) in [6.07, 6.45) is 5.85. The highest BCUT2D eigenvalue weighted by Crippen LogP contribution is 2.29. The molecule has 2 heteroatoms. The van der Waals surface area contributed by atoms with Gasteiger partial charge in [0.25, 0.3) is 0 Å². The van der Waals surface area contributed by atoms with Crippen LogP contribution in [0.2, 0.25) is 0 Å². The fourth-order valence-electron chi connectivity index (χ4n) is 1.88. The smallest absolute Gasteiger partial charge is 0.381 e. The van der Waals surface area contributed by atoms with Gasteiger partial charge in [0.05, 0.1) is 0 Å². The summed E-state index contributed by atoms with van der Waals surface area (Å²) in [6.45, 7) is 2.22. The predicted molar refractivity (Wildman–Crippen MR) is 51.2 cm³/mol. The van der Waals surface area contributed by atoms with Crippen LogP contribution in [0.15, 0.2) is 0 Å². The summed E-state index contributed by atoms with van der Waals surface area (Å²) < 4.78 is 0. The van der Waals surface area contributed by atoms with Crippen molar-refractivity contribution in [2.24, 2.45) is 11.8 Å². The number of carbonyl (C=O) groups is 1. The van der Waals surface area contributed by atoms with Crippen molar-refractivity contribution in [3.63, 3.8) is 0 Å². The number of carboxylic acid groups (broad SMARTS) is 1. The maximum atomic E-state index is 10.2. The van der Waals surface area contributed by atoms with E-state index in [0.29, 0.717) is 5.92 Å². The first-order valence-corrected chi connectivity index (χ1v) is 4.96. The van der Waals surface area contributed by atoms with Crippen LogP contribution in [0, 0.1) is 23.7 Å². The van der Waals surface area contributed by atoms with Crippen LogP contribution in [-0.4, -0.2) is 11.1 Å². The first kappa shape index (κ1) is 10.1. The molecule has 1 N–H and O–H groups in total. The van der Waals surface area contributed by atoms with Crippen LogP contribution in [0.3, 0.4) is 0 Å². The molecule has 1 rings (SSSR count). The van der Waals surface area contributed by atoms with E-state index in [1.165, 1.54) is 19.3 Å². The van der Waals surface area contributed by atoms with E-state index in [0.717, 1.165) is 18.8 Å². The van der Waals surface area contributed by atoms with Crippen molar-refractivity contribution < 1.29 is 9.90 Å². The number of hydrogen-bond acceptors (Lipinski definition) is 1. The molecule has 0 saturated heterocycles. The highest BCUT2D eigenvalue weighted by molar-refractivity contribution is 5.86. The summed E-state index contributed by atoms with van der Waals surface area (Å²) in [7, 11) is 0. The first-order chi connectivity index (χ1) is 6.22. The standard InChI is InChI=1S/C11H16O2/c1-2-9-3-5-10(6-4-9)7-8-11(12)13/h9-10H,2-6H2,1H3,(H,12,13). The van der Waals surface area contributed by atoms with Gasteiger partial charge >= 0.3 is 5.97 Å². The van der Waals surface area contributed by atoms with Crippen LogP contribution in [0.25, 0.3) is 0 Å². The molecule has 0 radical (unpaired) electrons. The Morgan fingerprint density at radius 2 is 2.00 bits per heavy atom. The number of hydrogen-bond donors (Lipinski definition) is 1. The highest BCUT2D eigenvalue weighted by atomic mass is 16.4. The Balaban J connectivity index is 2.34. The quantitative estimate of drug-likeness (QED) is 0.628. The van der Waals surface area contributed by atoms with E-state index in [-0.39, 0.29) is 0 Å². The molecule has 0 bridgehead atoms. The number of rotatable bonds is 1. The predicted octanol–water partition coefficient (Wildman–Crippen LogP) is 2.29. The third-order valence-corrected chi connectivity index (χ3v) is 2.81. The van der Waals surface area contributed by atoms with Gasteiger partial charge < -0.3 is 5.11 Å². The summed E-state index contributed by atoms with van der Waals surface area (Å²) in [5, 5.41) is 8.37. The van der Waals surface area contributed by atoms with E-state index < -0.39 is 5.97 Å². The van der Waals surface area contributed by atoms with Crippen molar-refractivity contribution in [3.05, 3.63) is 0 Å². The average molecular weight is 180 g/mol. The van der Waals surface area contributed by atoms with Gasteiger partial charge in [-0.05, 0) is 31.6 Å². The van der Waals surface area contributed by atoms with Gasteiger partial charge in [-0.15, -0.1) is 0 Å². The average Bonchev–Trinajstić information content (AvgIpc) is 2.15. The minimum atomic E-state index is -1.00. The Hall–Kier alpha value is -0.970. The minimum Gasteiger partial charge on any atom is -0.472 e. The second-order valence-electron chi connectivity index (χ2n) is 3.70. The van der Waals surface area contributed by atoms with E-state index in [9.17, 15) is 4.79 Å². The number of aliphatic carboxylic acids is 1. The van der Waals surface area contributed by atoms with E-state index >= 15 is 0 Å². The van der Waals surface area contributed by atoms with Crippen LogP contribution in [0.1, 0.15) is 39.0 Å². The lowest BCUT2D eigenvalue weighted by atomic mass is 9.81. The molecule has 0 aromatic rings. The Morgan fingerprint density at radius 1 is 1.38 bits per heavy atom. The monoisotopic (exact) mass is 180 g/mol. The van der Waals surface area contributed by atoms with Gasteiger partial charge in [0, 0.05) is 11.8 Å². The molecule has 0 amide bonds. The number of carboxylic acids is 1. The van der Waals surface area contributed by atoms with Gasteiger partial charge in [-0.1, -0.05) is 19.3 Å². The summed E-state index contributed by atoms with van der Waals surface area (Å²) in [5.41, 5.74) is 0. The largest absolute Gasteiger partial charge is 0.472 e. The SMILES string of the molecule is CCC1CCC(C#CC(=O)O)CC1. The molecule has 1 aliphatic rings. The maximum absolute atomic E-state index is 10.2. The van der Waals surface area contributed by atoms with Gasteiger partial charge in [-0.2, -0.15) is 0 Å². The lowest BCUT2D eigenvalue weighted by molar-refractivity contribution is -0.130. The molecule has 1 saturated carbocycles. The Bertz CT molecular complexity index is 226. The first-order valence-electron chi connectivity index (χ1n) is 4.96. The molecule has 13 heavy (non-hydrogen) atoms. The summed E-state index contributed by atoms with van der Waals surface area (Å²) >= 11 is 0. The Kier molecular flexibility index (Phi) is 3.82. The van der Waals surface area contributed by atoms with Crippen molar-refractivity contribution in [3.8, 4) is 11.8 Å². The lowest BCUT2D eigenvalue weighted by Gasteiger charge is -2.24. The van der Waals surface area contributed by atoms with E-state index in [4.69, 9.17) is 5.11 Å². The van der Waals surface area contributed by atoms with E-state index in [2.05, 4.69) is 18.8 Å². The molecule has 1 fully saturated rings. The zero-order valence-corrected chi connectivity index (χ0v) is 8.05. The van der Waals surface area contributed by atoms with Crippen LogP contribution < -0.4 is 0 Å². The lowest BCUT2D eigenvalue weighted by Crippen LogP contribution is -2.12. The molecule has 0 spiro atoms. The van der Waals surface area contributed by atoms with Crippen molar-refractivity contribution in [2.45, 2.75) is 39.0 Å². The van der Waals surface area contributed by atoms with Crippen LogP contribution in [0.4, 0.5) is 0 Å². The molecule has 0 aromatic heterocycles. The van der Waals surface area contributed by atoms with Gasteiger partial charge in [0.2, 0.25) is 0 Å². The second kappa shape index (κ2) is 4.91. The maximum Gasteiger partial charge on any atom is 0.381 e. The fourth-order valence-corrected chi connectivity index (χ4v) is 1.88. The molecular weight excluding hydrogens is 164 g/mol. The molecule has 0 aromatic carbocycles. The van der Waals surface area contributed by atoms with Crippen molar-refractivity contribution in [1.29, 1.82) is 0 Å². The molecule has 0 atom stereocenters. The fraction of sp³-hybridized carbons (Fsp3) is 0.727. The highest BCUT2D eigenvalue weighted by Gasteiger charge is 2.18. The van der Waals surface area contributed by atoms with Gasteiger partial charge in [0.1, 0.15) is 0 Å². The molecular formula is C11H16O2. The molecule has 2 nitrogen and oxygen atoms in total. The second-order valence-corrected chi connectivity index (χ2v) is 3.70. The zero-order valence-electron chi connectivity index (χ0n) is 8.05. The van der Waals surface area contributed by atoms with Crippen LogP contribution in [-0.2, 0) is 4.79 Å². The summed E-state index contributed by atoms with van der Waals surface area (Å²) in [5.74, 6) is 5.21. The van der Waals surface area contributed by atoms with Crippen molar-refractivity contribution in [2.75, 3.05) is 0 Å². The van der Waals surface area contributed by atoms with E-state index in [1.807, 2.05) is 0 Å². The third kappa shape index (κ3) is 3.50. The van der Waals surface area contributed by atoms with E-state index in [1.54, 1.807) is 0 Å². The topological polar surface area (TPSA) is 37.3 Å². The third-order valence-electron chi connectivity index (χ3n) is 2.81. The van der Waals surface area contributed by atoms with Gasteiger partial charge in [-0.3, -0.25) is 0 Å². The molecule has 0 aliphatic heterocycles. The molecule has 0 heterocycles. The molecule has 1 aliphatic carbocycles. The van der Waals surface area contributed by atoms with Crippen molar-refractivity contribution >= 4 is 5.97 Å². The summed E-state index contributed by atoms with van der Waals surface area (Å²) in [6, 6.07) is 0. The van der Waals surface area contributed by atoms with Crippen LogP contribution in [0.5, 0.6) is 0 Å². The van der Waals surface area contributed by atoms with Crippen LogP contribution >= 0.6 is 0 Å². The Morgan fingerprint density at radius 3 is 2.46 bits per heavy atom. The van der Waals surface area contributed by atoms with Gasteiger partial charge in [-0.25, -0.2) is 4.79 Å². The molecule has 72 valence electrons. The zero-order chi connectivity index (χ0) is 9.68. The molecule has 0 unspecified atom stereocenters. The minimum absolute atomic E-state index is 0.332. The normalized spacial score (nSPS) is 27.5. The Labute approximate surface area is 79.3 Å².